The number of hydrogen-bond acceptors (Lipinski definition) is 7. The molecule has 0 amide bonds. The highest BCUT2D eigenvalue weighted by atomic mass is 32.2. The molecule has 0 bridgehead atoms. The van der Waals surface area contributed by atoms with Gasteiger partial charge in [0.05, 0.1) is 47.3 Å². The average Bonchev–Trinajstić information content (AvgIpc) is 2.87. The summed E-state index contributed by atoms with van der Waals surface area (Å²) in [6, 6.07) is 0. The lowest BCUT2D eigenvalue weighted by Crippen LogP contribution is -2.35. The van der Waals surface area contributed by atoms with Crippen LogP contribution in [0, 0.1) is 0 Å². The van der Waals surface area contributed by atoms with E-state index in [2.05, 4.69) is 41.9 Å². The van der Waals surface area contributed by atoms with E-state index in [1.165, 1.54) is 51.5 Å². The van der Waals surface area contributed by atoms with Gasteiger partial charge in [0.1, 0.15) is 10.1 Å². The summed E-state index contributed by atoms with van der Waals surface area (Å²) < 4.78 is 45.0. The van der Waals surface area contributed by atoms with Gasteiger partial charge < -0.3 is 18.5 Å². The molecule has 0 fully saturated rings. The summed E-state index contributed by atoms with van der Waals surface area (Å²) in [5.41, 5.74) is 0. The van der Waals surface area contributed by atoms with Gasteiger partial charge in [0, 0.05) is 0 Å². The molecule has 240 valence electrons. The summed E-state index contributed by atoms with van der Waals surface area (Å²) >= 11 is 0. The van der Waals surface area contributed by atoms with Gasteiger partial charge in [-0.05, 0) is 25.7 Å². The molecule has 0 aliphatic rings. The van der Waals surface area contributed by atoms with Crippen LogP contribution in [0.3, 0.4) is 0 Å². The number of esters is 2. The zero-order valence-corrected chi connectivity index (χ0v) is 27.7. The van der Waals surface area contributed by atoms with Crippen molar-refractivity contribution < 1.29 is 36.5 Å². The molecule has 1 atom stereocenters. The third kappa shape index (κ3) is 29.8. The van der Waals surface area contributed by atoms with Crippen LogP contribution in [0.25, 0.3) is 0 Å². The Morgan fingerprint density at radius 1 is 0.625 bits per heavy atom. The third-order valence-corrected chi connectivity index (χ3v) is 7.71. The number of unbranched alkanes of at least 4 members (excludes halogenated alkanes) is 15. The van der Waals surface area contributed by atoms with Crippen molar-refractivity contribution in [2.75, 3.05) is 40.9 Å². The summed E-state index contributed by atoms with van der Waals surface area (Å²) in [7, 11) is 1.82. The number of rotatable bonds is 25. The Morgan fingerprint density at radius 2 is 1.00 bits per heavy atom. The highest BCUT2D eigenvalue weighted by Crippen LogP contribution is 2.11. The lowest BCUT2D eigenvalue weighted by atomic mass is 10.1. The van der Waals surface area contributed by atoms with Gasteiger partial charge in [0.2, 0.25) is 0 Å². The molecule has 0 rings (SSSR count). The Hall–Kier alpha value is -1.19. The van der Waals surface area contributed by atoms with Crippen LogP contribution in [0.5, 0.6) is 0 Å². The van der Waals surface area contributed by atoms with E-state index in [4.69, 9.17) is 9.47 Å². The van der Waals surface area contributed by atoms with E-state index in [9.17, 15) is 22.6 Å². The lowest BCUT2D eigenvalue weighted by molar-refractivity contribution is -0.870. The Kier molecular flexibility index (Phi) is 27.3. The van der Waals surface area contributed by atoms with Crippen LogP contribution in [-0.4, -0.2) is 75.5 Å². The first kappa shape index (κ1) is 40.9. The maximum Gasteiger partial charge on any atom is 0.323 e. The minimum Gasteiger partial charge on any atom is -0.747 e. The van der Waals surface area contributed by atoms with Crippen molar-refractivity contribution in [1.29, 1.82) is 0 Å². The van der Waals surface area contributed by atoms with Crippen LogP contribution >= 0.6 is 0 Å². The van der Waals surface area contributed by atoms with Gasteiger partial charge in [0.25, 0.3) is 0 Å². The molecule has 9 heteroatoms. The fraction of sp³-hybridized carbons (Fsp3) is 0.935. The molecule has 0 aliphatic heterocycles. The average molecular weight is 594 g/mol. The summed E-state index contributed by atoms with van der Waals surface area (Å²) in [5, 5.41) is -2.04. The molecule has 8 nitrogen and oxygen atoms in total. The standard InChI is InChI=1S/C20H38O7S.C11H26N/c1-3-5-7-9-11-13-15-26-19(21)17-18(28(23,24)25)20(22)27-16-14-12-10-8-6-4-2;1-5-6-7-8-9-10-11-12(2,3)4/h18H,3-17H2,1-2H3,(H,23,24,25);5-11H2,1-4H3/q;+1/p-1. The topological polar surface area (TPSA) is 110 Å². The molecule has 0 heterocycles. The molecule has 0 aromatic heterocycles. The van der Waals surface area contributed by atoms with Crippen molar-refractivity contribution in [3.8, 4) is 0 Å². The van der Waals surface area contributed by atoms with Gasteiger partial charge >= 0.3 is 11.9 Å². The van der Waals surface area contributed by atoms with Crippen LogP contribution in [-0.2, 0) is 29.2 Å². The van der Waals surface area contributed by atoms with E-state index < -0.39 is 33.7 Å². The first-order chi connectivity index (χ1) is 18.9. The fourth-order valence-electron chi connectivity index (χ4n) is 4.10. The third-order valence-electron chi connectivity index (χ3n) is 6.65. The van der Waals surface area contributed by atoms with Gasteiger partial charge in [-0.15, -0.1) is 0 Å². The van der Waals surface area contributed by atoms with E-state index in [0.717, 1.165) is 62.3 Å². The molecule has 0 N–H and O–H groups in total. The predicted molar refractivity (Wildman–Crippen MR) is 163 cm³/mol. The second kappa shape index (κ2) is 26.7. The highest BCUT2D eigenvalue weighted by Gasteiger charge is 2.30. The monoisotopic (exact) mass is 593 g/mol. The molecule has 0 aromatic rings. The van der Waals surface area contributed by atoms with Crippen LogP contribution in [0.1, 0.15) is 143 Å². The van der Waals surface area contributed by atoms with Gasteiger partial charge in [-0.1, -0.05) is 111 Å². The Morgan fingerprint density at radius 3 is 1.40 bits per heavy atom. The van der Waals surface area contributed by atoms with Crippen molar-refractivity contribution >= 4 is 22.1 Å². The summed E-state index contributed by atoms with van der Waals surface area (Å²) in [5.74, 6) is -2.03. The number of carbonyl (C=O) groups excluding carboxylic acids is 2. The van der Waals surface area contributed by atoms with Crippen molar-refractivity contribution in [2.45, 2.75) is 148 Å². The molecule has 0 aliphatic carbocycles. The lowest BCUT2D eigenvalue weighted by Gasteiger charge is -2.23. The van der Waals surface area contributed by atoms with E-state index >= 15 is 0 Å². The van der Waals surface area contributed by atoms with Crippen molar-refractivity contribution in [2.24, 2.45) is 0 Å². The number of carbonyl (C=O) groups is 2. The largest absolute Gasteiger partial charge is 0.747 e. The zero-order valence-electron chi connectivity index (χ0n) is 26.8. The Bertz CT molecular complexity index is 705. The maximum absolute atomic E-state index is 11.9. The first-order valence-electron chi connectivity index (χ1n) is 16.0. The molecule has 40 heavy (non-hydrogen) atoms. The van der Waals surface area contributed by atoms with Gasteiger partial charge in [-0.2, -0.15) is 0 Å². The second-order valence-corrected chi connectivity index (χ2v) is 13.4. The SMILES string of the molecule is CCCCCCCCOC(=O)CC(C(=O)OCCCCCCCC)S(=O)(=O)[O-].CCCCCCCC[N+](C)(C)C. The zero-order chi connectivity index (χ0) is 30.7. The number of quaternary nitrogens is 1. The highest BCUT2D eigenvalue weighted by molar-refractivity contribution is 7.87. The van der Waals surface area contributed by atoms with Crippen LogP contribution < -0.4 is 0 Å². The molecule has 0 radical (unpaired) electrons. The minimum atomic E-state index is -4.98. The molecular formula is C31H63NO7S. The fourth-order valence-corrected chi connectivity index (χ4v) is 4.74. The van der Waals surface area contributed by atoms with E-state index in [0.29, 0.717) is 12.8 Å². The van der Waals surface area contributed by atoms with Crippen molar-refractivity contribution in [3.05, 3.63) is 0 Å². The van der Waals surface area contributed by atoms with E-state index in [-0.39, 0.29) is 13.2 Å². The van der Waals surface area contributed by atoms with Gasteiger partial charge in [-0.3, -0.25) is 9.59 Å². The molecule has 0 saturated heterocycles. The number of nitrogens with zero attached hydrogens (tertiary/aromatic N) is 1. The van der Waals surface area contributed by atoms with Crippen LogP contribution in [0.2, 0.25) is 0 Å². The molecule has 0 saturated carbocycles. The van der Waals surface area contributed by atoms with E-state index in [1.807, 2.05) is 0 Å². The van der Waals surface area contributed by atoms with E-state index in [1.54, 1.807) is 0 Å². The normalized spacial score (nSPS) is 12.4. The first-order valence-corrected chi connectivity index (χ1v) is 17.4. The Labute approximate surface area is 247 Å². The molecular weight excluding hydrogens is 530 g/mol. The number of ether oxygens (including phenoxy) is 2. The smallest absolute Gasteiger partial charge is 0.323 e. The van der Waals surface area contributed by atoms with Crippen molar-refractivity contribution in [1.82, 2.24) is 0 Å². The molecule has 0 spiro atoms. The summed E-state index contributed by atoms with van der Waals surface area (Å²) in [4.78, 5) is 23.7. The summed E-state index contributed by atoms with van der Waals surface area (Å²) in [6.07, 6.45) is 19.6. The van der Waals surface area contributed by atoms with Crippen molar-refractivity contribution in [3.63, 3.8) is 0 Å². The van der Waals surface area contributed by atoms with Crippen LogP contribution in [0.4, 0.5) is 0 Å². The summed E-state index contributed by atoms with van der Waals surface area (Å²) in [6.45, 7) is 8.04. The predicted octanol–water partition coefficient (Wildman–Crippen LogP) is 7.15. The molecule has 0 aromatic carbocycles. The van der Waals surface area contributed by atoms with Crippen LogP contribution in [0.15, 0.2) is 0 Å². The number of hydrogen-bond donors (Lipinski definition) is 0. The quantitative estimate of drug-likeness (QED) is 0.0478. The minimum absolute atomic E-state index is 0.0454. The molecule has 1 unspecified atom stereocenters. The second-order valence-electron chi connectivity index (χ2n) is 11.9. The van der Waals surface area contributed by atoms with Gasteiger partial charge in [0.15, 0.2) is 5.25 Å². The van der Waals surface area contributed by atoms with Gasteiger partial charge in [-0.25, -0.2) is 8.42 Å². The maximum atomic E-state index is 11.9. The Balaban J connectivity index is 0.